The van der Waals surface area contributed by atoms with E-state index in [0.717, 1.165) is 4.90 Å². The Hall–Kier alpha value is -2.11. The van der Waals surface area contributed by atoms with Gasteiger partial charge in [-0.05, 0) is 0 Å². The van der Waals surface area contributed by atoms with Gasteiger partial charge in [0.2, 0.25) is 0 Å². The molecular weight excluding hydrogens is 246 g/mol. The van der Waals surface area contributed by atoms with Gasteiger partial charge in [-0.1, -0.05) is 32.0 Å². The summed E-state index contributed by atoms with van der Waals surface area (Å²) in [7, 11) is 0. The van der Waals surface area contributed by atoms with Crippen molar-refractivity contribution in [2.45, 2.75) is 26.2 Å². The molecule has 1 fully saturated rings. The Morgan fingerprint density at radius 1 is 1.47 bits per heavy atom. The third-order valence-corrected chi connectivity index (χ3v) is 2.85. The van der Waals surface area contributed by atoms with E-state index in [2.05, 4.69) is 11.7 Å². The highest BCUT2D eigenvalue weighted by molar-refractivity contribution is 6.19. The molecule has 3 amide bonds. The average Bonchev–Trinajstić information content (AvgIpc) is 2.85. The second-order valence-corrected chi connectivity index (χ2v) is 5.48. The molecule has 0 bridgehead atoms. The zero-order valence-electron chi connectivity index (χ0n) is 11.3. The van der Waals surface area contributed by atoms with Gasteiger partial charge in [0.1, 0.15) is 12.3 Å². The number of aromatic nitrogens is 1. The van der Waals surface area contributed by atoms with E-state index in [1.54, 1.807) is 12.1 Å². The maximum absolute atomic E-state index is 12.1. The Bertz CT molecular complexity index is 527. The van der Waals surface area contributed by atoms with E-state index in [1.165, 1.54) is 4.90 Å². The quantitative estimate of drug-likeness (QED) is 0.617. The molecule has 6 heteroatoms. The molecule has 0 aromatic carbocycles. The maximum Gasteiger partial charge on any atom is 0.333 e. The summed E-state index contributed by atoms with van der Waals surface area (Å²) in [6, 6.07) is 1.24. The molecule has 0 N–H and O–H groups in total. The Morgan fingerprint density at radius 3 is 2.68 bits per heavy atom. The lowest BCUT2D eigenvalue weighted by atomic mass is 9.93. The number of nitrogens with zero attached hydrogens (tertiary/aromatic N) is 3. The van der Waals surface area contributed by atoms with Gasteiger partial charge in [0.15, 0.2) is 5.82 Å². The summed E-state index contributed by atoms with van der Waals surface area (Å²) in [5.74, 6) is 0.567. The van der Waals surface area contributed by atoms with Crippen molar-refractivity contribution in [3.63, 3.8) is 0 Å². The lowest BCUT2D eigenvalue weighted by Gasteiger charge is -2.13. The monoisotopic (exact) mass is 263 g/mol. The zero-order valence-corrected chi connectivity index (χ0v) is 11.3. The Labute approximate surface area is 111 Å². The molecule has 2 heterocycles. The highest BCUT2D eigenvalue weighted by atomic mass is 16.5. The van der Waals surface area contributed by atoms with Gasteiger partial charge in [-0.15, -0.1) is 6.58 Å². The highest BCUT2D eigenvalue weighted by Gasteiger charge is 2.38. The van der Waals surface area contributed by atoms with Crippen LogP contribution in [0.15, 0.2) is 23.2 Å². The number of anilines is 1. The SMILES string of the molecule is C=CCN1CC(=O)N(c2cc(C(C)(C)C)on2)C1=O. The summed E-state index contributed by atoms with van der Waals surface area (Å²) in [4.78, 5) is 26.4. The van der Waals surface area contributed by atoms with E-state index in [1.807, 2.05) is 20.8 Å². The number of hydrogen-bond acceptors (Lipinski definition) is 4. The Morgan fingerprint density at radius 2 is 2.16 bits per heavy atom. The molecule has 1 aromatic rings. The summed E-state index contributed by atoms with van der Waals surface area (Å²) in [5.41, 5.74) is -0.224. The number of urea groups is 1. The van der Waals surface area contributed by atoms with Crippen LogP contribution in [0.3, 0.4) is 0 Å². The average molecular weight is 263 g/mol. The summed E-state index contributed by atoms with van der Waals surface area (Å²) in [5, 5.41) is 3.82. The maximum atomic E-state index is 12.1. The smallest absolute Gasteiger partial charge is 0.333 e. The van der Waals surface area contributed by atoms with Gasteiger partial charge >= 0.3 is 6.03 Å². The molecule has 1 saturated heterocycles. The minimum atomic E-state index is -0.390. The Balaban J connectivity index is 2.27. The molecule has 0 atom stereocenters. The first-order valence-electron chi connectivity index (χ1n) is 6.04. The third-order valence-electron chi connectivity index (χ3n) is 2.85. The number of carbonyl (C=O) groups is 2. The topological polar surface area (TPSA) is 66.7 Å². The van der Waals surface area contributed by atoms with Crippen LogP contribution in [0.5, 0.6) is 0 Å². The minimum Gasteiger partial charge on any atom is -0.359 e. The van der Waals surface area contributed by atoms with Crippen LogP contribution in [0.25, 0.3) is 0 Å². The molecule has 0 spiro atoms. The molecule has 0 aliphatic carbocycles. The molecule has 0 radical (unpaired) electrons. The van der Waals surface area contributed by atoms with Gasteiger partial charge in [0, 0.05) is 18.0 Å². The second-order valence-electron chi connectivity index (χ2n) is 5.48. The molecule has 19 heavy (non-hydrogen) atoms. The summed E-state index contributed by atoms with van der Waals surface area (Å²) >= 11 is 0. The predicted molar refractivity (Wildman–Crippen MR) is 69.9 cm³/mol. The Kier molecular flexibility index (Phi) is 3.18. The number of imide groups is 1. The molecule has 1 aliphatic rings. The molecule has 6 nitrogen and oxygen atoms in total. The first kappa shape index (κ1) is 13.3. The van der Waals surface area contributed by atoms with Crippen molar-refractivity contribution in [1.29, 1.82) is 0 Å². The lowest BCUT2D eigenvalue weighted by molar-refractivity contribution is -0.116. The number of hydrogen-bond donors (Lipinski definition) is 0. The van der Waals surface area contributed by atoms with E-state index in [4.69, 9.17) is 4.52 Å². The van der Waals surface area contributed by atoms with Crippen molar-refractivity contribution < 1.29 is 14.1 Å². The van der Waals surface area contributed by atoms with Crippen LogP contribution in [0, 0.1) is 0 Å². The molecule has 1 aromatic heterocycles. The van der Waals surface area contributed by atoms with Gasteiger partial charge in [0.25, 0.3) is 5.91 Å². The molecule has 1 aliphatic heterocycles. The van der Waals surface area contributed by atoms with E-state index in [0.29, 0.717) is 12.3 Å². The largest absolute Gasteiger partial charge is 0.359 e. The van der Waals surface area contributed by atoms with Gasteiger partial charge < -0.3 is 9.42 Å². The van der Waals surface area contributed by atoms with Crippen molar-refractivity contribution in [1.82, 2.24) is 10.1 Å². The summed E-state index contributed by atoms with van der Waals surface area (Å²) in [6.07, 6.45) is 1.58. The number of carbonyl (C=O) groups excluding carboxylic acids is 2. The molecule has 102 valence electrons. The number of rotatable bonds is 3. The third kappa shape index (κ3) is 2.38. The molecule has 0 unspecified atom stereocenters. The van der Waals surface area contributed by atoms with Crippen LogP contribution < -0.4 is 4.90 Å². The predicted octanol–water partition coefficient (Wildman–Crippen LogP) is 1.93. The van der Waals surface area contributed by atoms with Crippen LogP contribution in [0.2, 0.25) is 0 Å². The van der Waals surface area contributed by atoms with Gasteiger partial charge in [-0.25, -0.2) is 9.69 Å². The fourth-order valence-electron chi connectivity index (χ4n) is 1.80. The minimum absolute atomic E-state index is 0.0442. The van der Waals surface area contributed by atoms with Gasteiger partial charge in [-0.3, -0.25) is 4.79 Å². The van der Waals surface area contributed by atoms with Crippen LogP contribution >= 0.6 is 0 Å². The van der Waals surface area contributed by atoms with Crippen LogP contribution in [-0.4, -0.2) is 35.1 Å². The highest BCUT2D eigenvalue weighted by Crippen LogP contribution is 2.28. The lowest BCUT2D eigenvalue weighted by Crippen LogP contribution is -2.33. The summed E-state index contributed by atoms with van der Waals surface area (Å²) < 4.78 is 5.20. The van der Waals surface area contributed by atoms with Crippen LogP contribution in [0.4, 0.5) is 10.6 Å². The van der Waals surface area contributed by atoms with Crippen molar-refractivity contribution in [2.75, 3.05) is 18.0 Å². The fraction of sp³-hybridized carbons (Fsp3) is 0.462. The van der Waals surface area contributed by atoms with Gasteiger partial charge in [0.05, 0.1) is 0 Å². The van der Waals surface area contributed by atoms with E-state index >= 15 is 0 Å². The van der Waals surface area contributed by atoms with Gasteiger partial charge in [-0.2, -0.15) is 0 Å². The molecule has 0 saturated carbocycles. The first-order chi connectivity index (χ1) is 8.84. The second kappa shape index (κ2) is 4.53. The molecular formula is C13H17N3O3. The molecule has 2 rings (SSSR count). The van der Waals surface area contributed by atoms with E-state index in [9.17, 15) is 9.59 Å². The van der Waals surface area contributed by atoms with E-state index in [-0.39, 0.29) is 23.7 Å². The van der Waals surface area contributed by atoms with Crippen LogP contribution in [-0.2, 0) is 10.2 Å². The van der Waals surface area contributed by atoms with E-state index < -0.39 is 6.03 Å². The van der Waals surface area contributed by atoms with Crippen molar-refractivity contribution in [2.24, 2.45) is 0 Å². The van der Waals surface area contributed by atoms with Crippen molar-refractivity contribution in [3.05, 3.63) is 24.5 Å². The normalized spacial score (nSPS) is 16.4. The number of amides is 3. The van der Waals surface area contributed by atoms with Crippen LogP contribution in [0.1, 0.15) is 26.5 Å². The van der Waals surface area contributed by atoms with Crippen molar-refractivity contribution >= 4 is 17.8 Å². The fourth-order valence-corrected chi connectivity index (χ4v) is 1.80. The zero-order chi connectivity index (χ0) is 14.2. The first-order valence-corrected chi connectivity index (χ1v) is 6.04. The summed E-state index contributed by atoms with van der Waals surface area (Å²) in [6.45, 7) is 9.84. The standard InChI is InChI=1S/C13H17N3O3/c1-5-6-15-8-11(17)16(12(15)18)10-7-9(19-14-10)13(2,3)4/h5,7H,1,6,8H2,2-4H3. The van der Waals surface area contributed by atoms with Crippen molar-refractivity contribution in [3.8, 4) is 0 Å².